The summed E-state index contributed by atoms with van der Waals surface area (Å²) in [6.07, 6.45) is 4.24. The van der Waals surface area contributed by atoms with E-state index in [4.69, 9.17) is 14.2 Å². The molecule has 2 aromatic carbocycles. The van der Waals surface area contributed by atoms with Gasteiger partial charge in [0.1, 0.15) is 5.75 Å². The SMILES string of the molecule is COc1ccc(N2CCN(CN3C(=O)C4(O[C@H]5CCCC[C@H]5O4)c4ccccc43)CC2)cc1. The highest BCUT2D eigenvalue weighted by molar-refractivity contribution is 6.06. The number of methoxy groups -OCH3 is 1. The van der Waals surface area contributed by atoms with E-state index < -0.39 is 5.79 Å². The molecule has 7 heteroatoms. The monoisotopic (exact) mass is 449 g/mol. The van der Waals surface area contributed by atoms with Gasteiger partial charge in [0.25, 0.3) is 11.7 Å². The van der Waals surface area contributed by atoms with Crippen LogP contribution in [0.1, 0.15) is 31.2 Å². The van der Waals surface area contributed by atoms with Crippen molar-refractivity contribution in [3.05, 3.63) is 54.1 Å². The van der Waals surface area contributed by atoms with Gasteiger partial charge in [-0.05, 0) is 43.2 Å². The zero-order valence-electron chi connectivity index (χ0n) is 19.1. The fourth-order valence-corrected chi connectivity index (χ4v) is 5.68. The molecule has 0 bridgehead atoms. The summed E-state index contributed by atoms with van der Waals surface area (Å²) in [5.41, 5.74) is 2.98. The molecule has 2 aromatic rings. The Morgan fingerprint density at radius 1 is 0.939 bits per heavy atom. The first-order valence-corrected chi connectivity index (χ1v) is 12.1. The van der Waals surface area contributed by atoms with Crippen molar-refractivity contribution in [3.63, 3.8) is 0 Å². The smallest absolute Gasteiger partial charge is 0.293 e. The van der Waals surface area contributed by atoms with Gasteiger partial charge in [-0.25, -0.2) is 0 Å². The van der Waals surface area contributed by atoms with E-state index in [1.54, 1.807) is 7.11 Å². The standard InChI is InChI=1S/C26H31N3O4/c1-31-20-12-10-19(11-13-20)28-16-14-27(15-17-28)18-29-22-7-3-2-6-21(22)26(25(29)30)32-23-8-4-5-9-24(23)33-26/h2-3,6-7,10-13,23-24H,4-5,8-9,14-18H2,1H3/t23-,24+,26?. The number of hydrogen-bond donors (Lipinski definition) is 0. The lowest BCUT2D eigenvalue weighted by Gasteiger charge is -2.38. The number of ether oxygens (including phenoxy) is 3. The predicted octanol–water partition coefficient (Wildman–Crippen LogP) is 3.33. The van der Waals surface area contributed by atoms with Gasteiger partial charge < -0.3 is 19.1 Å². The Balaban J connectivity index is 1.17. The number of benzene rings is 2. The molecular weight excluding hydrogens is 418 g/mol. The third kappa shape index (κ3) is 3.50. The highest BCUT2D eigenvalue weighted by atomic mass is 16.8. The van der Waals surface area contributed by atoms with Gasteiger partial charge in [-0.3, -0.25) is 14.6 Å². The highest BCUT2D eigenvalue weighted by Gasteiger charge is 2.61. The summed E-state index contributed by atoms with van der Waals surface area (Å²) in [7, 11) is 1.69. The summed E-state index contributed by atoms with van der Waals surface area (Å²) >= 11 is 0. The minimum atomic E-state index is -1.26. The van der Waals surface area contributed by atoms with Crippen molar-refractivity contribution in [3.8, 4) is 5.75 Å². The molecule has 6 rings (SSSR count). The van der Waals surface area contributed by atoms with Crippen molar-refractivity contribution in [1.29, 1.82) is 0 Å². The van der Waals surface area contributed by atoms with E-state index in [1.165, 1.54) is 5.69 Å². The first-order chi connectivity index (χ1) is 16.2. The molecular formula is C26H31N3O4. The summed E-state index contributed by atoms with van der Waals surface area (Å²) in [5.74, 6) is -0.467. The summed E-state index contributed by atoms with van der Waals surface area (Å²) in [6, 6.07) is 16.2. The summed E-state index contributed by atoms with van der Waals surface area (Å²) in [5, 5.41) is 0. The Morgan fingerprint density at radius 3 is 2.27 bits per heavy atom. The lowest BCUT2D eigenvalue weighted by molar-refractivity contribution is -0.190. The number of rotatable bonds is 4. The fraction of sp³-hybridized carbons (Fsp3) is 0.500. The minimum absolute atomic E-state index is 0.0174. The number of amides is 1. The van der Waals surface area contributed by atoms with E-state index >= 15 is 0 Å². The zero-order valence-corrected chi connectivity index (χ0v) is 19.1. The Labute approximate surface area is 194 Å². The Hall–Kier alpha value is -2.61. The molecule has 33 heavy (non-hydrogen) atoms. The van der Waals surface area contributed by atoms with E-state index in [0.717, 1.165) is 68.9 Å². The van der Waals surface area contributed by atoms with Gasteiger partial charge in [-0.15, -0.1) is 0 Å². The molecule has 2 saturated heterocycles. The van der Waals surface area contributed by atoms with Crippen LogP contribution >= 0.6 is 0 Å². The number of carbonyl (C=O) groups is 1. The maximum atomic E-state index is 13.8. The lowest BCUT2D eigenvalue weighted by atomic mass is 9.95. The van der Waals surface area contributed by atoms with E-state index in [2.05, 4.69) is 21.9 Å². The molecule has 3 atom stereocenters. The number of para-hydroxylation sites is 1. The van der Waals surface area contributed by atoms with Gasteiger partial charge in [-0.2, -0.15) is 0 Å². The second-order valence-electron chi connectivity index (χ2n) is 9.41. The summed E-state index contributed by atoms with van der Waals surface area (Å²) in [4.78, 5) is 20.4. The predicted molar refractivity (Wildman–Crippen MR) is 125 cm³/mol. The third-order valence-electron chi connectivity index (χ3n) is 7.50. The number of piperazine rings is 1. The number of nitrogens with zero attached hydrogens (tertiary/aromatic N) is 3. The first kappa shape index (κ1) is 21.0. The number of hydrogen-bond acceptors (Lipinski definition) is 6. The normalized spacial score (nSPS) is 29.4. The van der Waals surface area contributed by atoms with Crippen LogP contribution in [-0.2, 0) is 20.1 Å². The molecule has 0 radical (unpaired) electrons. The van der Waals surface area contributed by atoms with Crippen LogP contribution in [0.4, 0.5) is 11.4 Å². The molecule has 1 unspecified atom stereocenters. The van der Waals surface area contributed by atoms with Crippen LogP contribution < -0.4 is 14.5 Å². The molecule has 4 aliphatic rings. The molecule has 1 amide bonds. The largest absolute Gasteiger partial charge is 0.497 e. The highest BCUT2D eigenvalue weighted by Crippen LogP contribution is 2.51. The Kier molecular flexibility index (Phi) is 5.28. The molecule has 1 spiro atoms. The van der Waals surface area contributed by atoms with E-state index in [1.807, 2.05) is 41.3 Å². The molecule has 3 heterocycles. The molecule has 7 nitrogen and oxygen atoms in total. The van der Waals surface area contributed by atoms with Crippen LogP contribution in [0.15, 0.2) is 48.5 Å². The van der Waals surface area contributed by atoms with Crippen LogP contribution in [0.25, 0.3) is 0 Å². The fourth-order valence-electron chi connectivity index (χ4n) is 5.68. The average molecular weight is 450 g/mol. The lowest BCUT2D eigenvalue weighted by Crippen LogP contribution is -2.52. The van der Waals surface area contributed by atoms with Gasteiger partial charge >= 0.3 is 0 Å². The maximum absolute atomic E-state index is 13.8. The van der Waals surface area contributed by atoms with E-state index in [0.29, 0.717) is 6.67 Å². The summed E-state index contributed by atoms with van der Waals surface area (Å²) < 4.78 is 18.1. The van der Waals surface area contributed by atoms with Gasteiger partial charge in [0.2, 0.25) is 0 Å². The van der Waals surface area contributed by atoms with Gasteiger partial charge in [-0.1, -0.05) is 31.0 Å². The van der Waals surface area contributed by atoms with Crippen molar-refractivity contribution in [2.24, 2.45) is 0 Å². The Bertz CT molecular complexity index is 1000. The topological polar surface area (TPSA) is 54.5 Å². The van der Waals surface area contributed by atoms with Gasteiger partial charge in [0.15, 0.2) is 0 Å². The van der Waals surface area contributed by atoms with Crippen molar-refractivity contribution in [1.82, 2.24) is 4.90 Å². The number of anilines is 2. The van der Waals surface area contributed by atoms with Gasteiger partial charge in [0, 0.05) is 37.4 Å². The van der Waals surface area contributed by atoms with Crippen LogP contribution in [0.2, 0.25) is 0 Å². The summed E-state index contributed by atoms with van der Waals surface area (Å²) in [6.45, 7) is 4.16. The maximum Gasteiger partial charge on any atom is 0.293 e. The second kappa shape index (κ2) is 8.31. The number of fused-ring (bicyclic) bond motifs is 3. The van der Waals surface area contributed by atoms with E-state index in [9.17, 15) is 4.79 Å². The Morgan fingerprint density at radius 2 is 1.61 bits per heavy atom. The quantitative estimate of drug-likeness (QED) is 0.714. The average Bonchev–Trinajstić information content (AvgIpc) is 3.37. The molecule has 0 aromatic heterocycles. The van der Waals surface area contributed by atoms with Crippen LogP contribution in [0.5, 0.6) is 5.75 Å². The second-order valence-corrected chi connectivity index (χ2v) is 9.41. The molecule has 174 valence electrons. The van der Waals surface area contributed by atoms with Gasteiger partial charge in [0.05, 0.1) is 31.7 Å². The molecule has 3 aliphatic heterocycles. The minimum Gasteiger partial charge on any atom is -0.497 e. The third-order valence-corrected chi connectivity index (χ3v) is 7.50. The van der Waals surface area contributed by atoms with Crippen molar-refractivity contribution >= 4 is 17.3 Å². The molecule has 1 saturated carbocycles. The first-order valence-electron chi connectivity index (χ1n) is 12.1. The van der Waals surface area contributed by atoms with Crippen LogP contribution in [0.3, 0.4) is 0 Å². The molecule has 0 N–H and O–H groups in total. The van der Waals surface area contributed by atoms with Crippen LogP contribution in [0, 0.1) is 0 Å². The van der Waals surface area contributed by atoms with Crippen molar-refractivity contribution in [2.45, 2.75) is 43.7 Å². The number of carbonyl (C=O) groups excluding carboxylic acids is 1. The van der Waals surface area contributed by atoms with E-state index in [-0.39, 0.29) is 18.1 Å². The van der Waals surface area contributed by atoms with Crippen molar-refractivity contribution in [2.75, 3.05) is 49.8 Å². The van der Waals surface area contributed by atoms with Crippen LogP contribution in [-0.4, -0.2) is 63.0 Å². The molecule has 3 fully saturated rings. The zero-order chi connectivity index (χ0) is 22.4. The molecule has 1 aliphatic carbocycles. The van der Waals surface area contributed by atoms with Crippen molar-refractivity contribution < 1.29 is 19.0 Å².